The van der Waals surface area contributed by atoms with E-state index in [1.807, 2.05) is 0 Å². The predicted molar refractivity (Wildman–Crippen MR) is 122 cm³/mol. The van der Waals surface area contributed by atoms with E-state index in [0.717, 1.165) is 0 Å². The molecule has 0 saturated carbocycles. The molecule has 0 radical (unpaired) electrons. The Bertz CT molecular complexity index is 253. The summed E-state index contributed by atoms with van der Waals surface area (Å²) in [6.07, 6.45) is 30.6. The van der Waals surface area contributed by atoms with Gasteiger partial charge in [0.05, 0.1) is 0 Å². The van der Waals surface area contributed by atoms with Crippen molar-refractivity contribution in [3.8, 4) is 0 Å². The molecule has 0 atom stereocenters. The smallest absolute Gasteiger partial charge is 0.0354 e. The van der Waals surface area contributed by atoms with Crippen LogP contribution in [-0.4, -0.2) is 0 Å². The van der Waals surface area contributed by atoms with E-state index in [1.165, 1.54) is 135 Å². The molecule has 0 fully saturated rings. The highest BCUT2D eigenvalue weighted by Gasteiger charge is 2.16. The predicted octanol–water partition coefficient (Wildman–Crippen LogP) is 10.2. The summed E-state index contributed by atoms with van der Waals surface area (Å²) in [5, 5.41) is 0. The van der Waals surface area contributed by atoms with Crippen LogP contribution in [0.3, 0.4) is 0 Å². The largest absolute Gasteiger partial charge is 0.0654 e. The molecule has 0 aliphatic rings. The fourth-order valence-electron chi connectivity index (χ4n) is 4.13. The molecule has 0 unspecified atom stereocenters. The molecular weight excluding hydrogens is 312 g/mol. The van der Waals surface area contributed by atoms with Gasteiger partial charge in [0.15, 0.2) is 0 Å². The molecule has 0 aromatic heterocycles. The first-order valence-electron chi connectivity index (χ1n) is 12.6. The summed E-state index contributed by atoms with van der Waals surface area (Å²) < 4.78 is 0. The third-order valence-corrected chi connectivity index (χ3v) is 6.16. The van der Waals surface area contributed by atoms with Crippen LogP contribution in [0, 0.1) is 5.41 Å². The standard InChI is InChI=1S/C26H54/c1-5-7-9-11-13-14-15-16-17-19-21-23-25-26(3,4)24-22-20-18-12-10-8-6-2/h5-25H2,1-4H3. The second-order valence-corrected chi connectivity index (χ2v) is 9.67. The van der Waals surface area contributed by atoms with Gasteiger partial charge in [-0.3, -0.25) is 0 Å². The van der Waals surface area contributed by atoms with E-state index in [0.29, 0.717) is 5.41 Å². The molecule has 0 aromatic rings. The van der Waals surface area contributed by atoms with E-state index in [9.17, 15) is 0 Å². The minimum absolute atomic E-state index is 0.585. The van der Waals surface area contributed by atoms with Gasteiger partial charge in [0.1, 0.15) is 0 Å². The Labute approximate surface area is 168 Å². The van der Waals surface area contributed by atoms with Crippen LogP contribution in [0.4, 0.5) is 0 Å². The molecule has 0 bridgehead atoms. The van der Waals surface area contributed by atoms with Crippen molar-refractivity contribution in [3.05, 3.63) is 0 Å². The number of hydrogen-bond donors (Lipinski definition) is 0. The molecule has 158 valence electrons. The van der Waals surface area contributed by atoms with Gasteiger partial charge in [-0.05, 0) is 18.3 Å². The highest BCUT2D eigenvalue weighted by molar-refractivity contribution is 4.68. The Morgan fingerprint density at radius 2 is 0.577 bits per heavy atom. The van der Waals surface area contributed by atoms with Crippen molar-refractivity contribution in [1.82, 2.24) is 0 Å². The molecule has 0 N–H and O–H groups in total. The van der Waals surface area contributed by atoms with Crippen molar-refractivity contribution >= 4 is 0 Å². The second-order valence-electron chi connectivity index (χ2n) is 9.67. The molecule has 0 spiro atoms. The minimum Gasteiger partial charge on any atom is -0.0654 e. The third kappa shape index (κ3) is 20.3. The molecule has 0 saturated heterocycles. The molecule has 0 rings (SSSR count). The normalized spacial score (nSPS) is 12.0. The first-order valence-corrected chi connectivity index (χ1v) is 12.6. The van der Waals surface area contributed by atoms with Crippen molar-refractivity contribution < 1.29 is 0 Å². The quantitative estimate of drug-likeness (QED) is 0.177. The first-order chi connectivity index (χ1) is 12.6. The highest BCUT2D eigenvalue weighted by Crippen LogP contribution is 2.30. The first kappa shape index (κ1) is 26.0. The SMILES string of the molecule is CCCCCCCCCCCCCCC(C)(C)CCCCCCCCC. The molecule has 0 amide bonds. The van der Waals surface area contributed by atoms with Gasteiger partial charge in [-0.2, -0.15) is 0 Å². The van der Waals surface area contributed by atoms with Crippen molar-refractivity contribution in [1.29, 1.82) is 0 Å². The van der Waals surface area contributed by atoms with E-state index >= 15 is 0 Å². The molecule has 0 aromatic carbocycles. The van der Waals surface area contributed by atoms with Crippen LogP contribution in [0.15, 0.2) is 0 Å². The lowest BCUT2D eigenvalue weighted by atomic mass is 9.82. The van der Waals surface area contributed by atoms with Crippen molar-refractivity contribution in [3.63, 3.8) is 0 Å². The molecule has 0 nitrogen and oxygen atoms in total. The maximum absolute atomic E-state index is 2.50. The fraction of sp³-hybridized carbons (Fsp3) is 1.00. The lowest BCUT2D eigenvalue weighted by Gasteiger charge is -2.24. The van der Waals surface area contributed by atoms with Crippen LogP contribution in [0.5, 0.6) is 0 Å². The van der Waals surface area contributed by atoms with Gasteiger partial charge in [0.25, 0.3) is 0 Å². The maximum Gasteiger partial charge on any atom is -0.0354 e. The Balaban J connectivity index is 3.29. The number of rotatable bonds is 21. The van der Waals surface area contributed by atoms with Gasteiger partial charge < -0.3 is 0 Å². The topological polar surface area (TPSA) is 0 Å². The lowest BCUT2D eigenvalue weighted by molar-refractivity contribution is 0.282. The number of hydrogen-bond acceptors (Lipinski definition) is 0. The van der Waals surface area contributed by atoms with Gasteiger partial charge in [-0.15, -0.1) is 0 Å². The van der Waals surface area contributed by atoms with E-state index < -0.39 is 0 Å². The van der Waals surface area contributed by atoms with Crippen LogP contribution in [-0.2, 0) is 0 Å². The van der Waals surface area contributed by atoms with E-state index in [2.05, 4.69) is 27.7 Å². The van der Waals surface area contributed by atoms with Gasteiger partial charge in [-0.25, -0.2) is 0 Å². The van der Waals surface area contributed by atoms with Gasteiger partial charge in [0.2, 0.25) is 0 Å². The highest BCUT2D eigenvalue weighted by atomic mass is 14.2. The van der Waals surface area contributed by atoms with Gasteiger partial charge in [-0.1, -0.05) is 150 Å². The summed E-state index contributed by atoms with van der Waals surface area (Å²) in [5.41, 5.74) is 0.585. The van der Waals surface area contributed by atoms with Crippen LogP contribution in [0.25, 0.3) is 0 Å². The van der Waals surface area contributed by atoms with E-state index in [-0.39, 0.29) is 0 Å². The molecule has 0 heterocycles. The van der Waals surface area contributed by atoms with Gasteiger partial charge >= 0.3 is 0 Å². The van der Waals surface area contributed by atoms with E-state index in [1.54, 1.807) is 0 Å². The zero-order valence-corrected chi connectivity index (χ0v) is 19.3. The minimum atomic E-state index is 0.585. The van der Waals surface area contributed by atoms with Crippen LogP contribution >= 0.6 is 0 Å². The summed E-state index contributed by atoms with van der Waals surface area (Å²) in [6.45, 7) is 9.61. The molecule has 0 aliphatic carbocycles. The Morgan fingerprint density at radius 3 is 0.846 bits per heavy atom. The molecule has 0 heteroatoms. The second kappa shape index (κ2) is 19.8. The zero-order valence-electron chi connectivity index (χ0n) is 19.3. The summed E-state index contributed by atoms with van der Waals surface area (Å²) >= 11 is 0. The molecule has 0 aliphatic heterocycles. The fourth-order valence-corrected chi connectivity index (χ4v) is 4.13. The average molecular weight is 367 g/mol. The van der Waals surface area contributed by atoms with Crippen molar-refractivity contribution in [2.75, 3.05) is 0 Å². The number of unbranched alkanes of at least 4 members (excludes halogenated alkanes) is 17. The molecular formula is C26H54. The summed E-state index contributed by atoms with van der Waals surface area (Å²) in [4.78, 5) is 0. The van der Waals surface area contributed by atoms with Crippen LogP contribution in [0.1, 0.15) is 163 Å². The zero-order chi connectivity index (χ0) is 19.3. The Kier molecular flexibility index (Phi) is 19.8. The summed E-state index contributed by atoms with van der Waals surface area (Å²) in [5.74, 6) is 0. The Hall–Kier alpha value is 0. The molecule has 26 heavy (non-hydrogen) atoms. The van der Waals surface area contributed by atoms with Gasteiger partial charge in [0, 0.05) is 0 Å². The lowest BCUT2D eigenvalue weighted by Crippen LogP contribution is -2.11. The van der Waals surface area contributed by atoms with E-state index in [4.69, 9.17) is 0 Å². The van der Waals surface area contributed by atoms with Crippen molar-refractivity contribution in [2.24, 2.45) is 5.41 Å². The Morgan fingerprint density at radius 1 is 0.346 bits per heavy atom. The van der Waals surface area contributed by atoms with Crippen LogP contribution < -0.4 is 0 Å². The van der Waals surface area contributed by atoms with Crippen LogP contribution in [0.2, 0.25) is 0 Å². The summed E-state index contributed by atoms with van der Waals surface area (Å²) in [7, 11) is 0. The summed E-state index contributed by atoms with van der Waals surface area (Å²) in [6, 6.07) is 0. The van der Waals surface area contributed by atoms with Crippen molar-refractivity contribution in [2.45, 2.75) is 163 Å². The third-order valence-electron chi connectivity index (χ3n) is 6.16. The maximum atomic E-state index is 2.50. The average Bonchev–Trinajstić information content (AvgIpc) is 2.62. The monoisotopic (exact) mass is 366 g/mol.